The molecule has 152 valence electrons. The van der Waals surface area contributed by atoms with Crippen molar-refractivity contribution in [3.63, 3.8) is 0 Å². The van der Waals surface area contributed by atoms with Gasteiger partial charge < -0.3 is 5.32 Å². The highest BCUT2D eigenvalue weighted by molar-refractivity contribution is 6.30. The van der Waals surface area contributed by atoms with Crippen molar-refractivity contribution >= 4 is 34.2 Å². The van der Waals surface area contributed by atoms with Gasteiger partial charge >= 0.3 is 0 Å². The van der Waals surface area contributed by atoms with E-state index in [-0.39, 0.29) is 17.6 Å². The maximum absolute atomic E-state index is 13.9. The summed E-state index contributed by atoms with van der Waals surface area (Å²) in [5.74, 6) is -1.08. The Bertz CT molecular complexity index is 1350. The number of amides is 1. The molecule has 0 fully saturated rings. The monoisotopic (exact) mass is 425 g/mol. The minimum Gasteiger partial charge on any atom is -0.322 e. The zero-order chi connectivity index (χ0) is 21.4. The molecule has 0 saturated heterocycles. The van der Waals surface area contributed by atoms with Gasteiger partial charge in [0.25, 0.3) is 5.56 Å². The van der Waals surface area contributed by atoms with Crippen LogP contribution in [-0.4, -0.2) is 25.2 Å². The Labute approximate surface area is 175 Å². The van der Waals surface area contributed by atoms with E-state index in [4.69, 9.17) is 11.6 Å². The molecule has 0 saturated carbocycles. The van der Waals surface area contributed by atoms with Gasteiger partial charge in [-0.1, -0.05) is 23.7 Å². The van der Waals surface area contributed by atoms with Crippen LogP contribution in [0.4, 0.5) is 10.1 Å². The Hall–Kier alpha value is -3.52. The van der Waals surface area contributed by atoms with E-state index in [2.05, 4.69) is 15.4 Å². The summed E-state index contributed by atoms with van der Waals surface area (Å²) in [6, 6.07) is 9.83. The number of carbonyl (C=O) groups is 1. The van der Waals surface area contributed by atoms with Crippen LogP contribution in [0.1, 0.15) is 11.1 Å². The van der Waals surface area contributed by atoms with Crippen LogP contribution < -0.4 is 10.9 Å². The average Bonchev–Trinajstić information content (AvgIpc) is 3.13. The number of benzene rings is 2. The molecule has 0 radical (unpaired) electrons. The molecule has 0 aliphatic rings. The largest absolute Gasteiger partial charge is 0.322 e. The predicted octanol–water partition coefficient (Wildman–Crippen LogP) is 3.63. The van der Waals surface area contributed by atoms with Crippen LogP contribution in [0, 0.1) is 19.7 Å². The van der Waals surface area contributed by atoms with Crippen LogP contribution >= 0.6 is 11.6 Å². The smallest absolute Gasteiger partial charge is 0.264 e. The van der Waals surface area contributed by atoms with Gasteiger partial charge in [0.2, 0.25) is 5.91 Å². The highest BCUT2D eigenvalue weighted by Crippen LogP contribution is 2.21. The number of aryl methyl sites for hydroxylation is 2. The van der Waals surface area contributed by atoms with Gasteiger partial charge in [-0.25, -0.2) is 14.1 Å². The van der Waals surface area contributed by atoms with Crippen molar-refractivity contribution in [3.05, 3.63) is 81.2 Å². The summed E-state index contributed by atoms with van der Waals surface area (Å²) in [5, 5.41) is 7.53. The van der Waals surface area contributed by atoms with Gasteiger partial charge in [-0.2, -0.15) is 5.10 Å². The lowest BCUT2D eigenvalue weighted by molar-refractivity contribution is -0.116. The summed E-state index contributed by atoms with van der Waals surface area (Å²) in [6.07, 6.45) is 2.67. The van der Waals surface area contributed by atoms with Gasteiger partial charge in [0, 0.05) is 5.02 Å². The highest BCUT2D eigenvalue weighted by Gasteiger charge is 2.15. The molecule has 0 unspecified atom stereocenters. The third-order valence-corrected chi connectivity index (χ3v) is 4.90. The summed E-state index contributed by atoms with van der Waals surface area (Å²) in [6.45, 7) is 3.34. The van der Waals surface area contributed by atoms with E-state index in [0.717, 1.165) is 15.7 Å². The number of halogens is 2. The van der Waals surface area contributed by atoms with Crippen molar-refractivity contribution < 1.29 is 9.18 Å². The van der Waals surface area contributed by atoms with Gasteiger partial charge in [-0.15, -0.1) is 0 Å². The molecule has 1 N–H and O–H groups in total. The quantitative estimate of drug-likeness (QED) is 0.541. The molecule has 1 amide bonds. The second-order valence-electron chi connectivity index (χ2n) is 6.93. The van der Waals surface area contributed by atoms with Crippen molar-refractivity contribution in [2.45, 2.75) is 20.4 Å². The van der Waals surface area contributed by atoms with Crippen LogP contribution in [0.3, 0.4) is 0 Å². The number of aromatic nitrogens is 4. The number of hydrogen-bond acceptors (Lipinski definition) is 4. The maximum atomic E-state index is 13.9. The molecule has 7 nitrogen and oxygen atoms in total. The minimum absolute atomic E-state index is 0.0527. The van der Waals surface area contributed by atoms with Crippen LogP contribution in [0.15, 0.2) is 53.7 Å². The van der Waals surface area contributed by atoms with Crippen LogP contribution in [0.5, 0.6) is 0 Å². The zero-order valence-electron chi connectivity index (χ0n) is 16.2. The first-order valence-corrected chi connectivity index (χ1v) is 9.47. The first-order chi connectivity index (χ1) is 14.3. The van der Waals surface area contributed by atoms with E-state index in [9.17, 15) is 14.0 Å². The zero-order valence-corrected chi connectivity index (χ0v) is 16.9. The molecule has 0 spiro atoms. The number of hydrogen-bond donors (Lipinski definition) is 1. The van der Waals surface area contributed by atoms with Crippen molar-refractivity contribution in [2.75, 3.05) is 5.32 Å². The summed E-state index contributed by atoms with van der Waals surface area (Å²) in [5.41, 5.74) is 2.34. The van der Waals surface area contributed by atoms with Crippen molar-refractivity contribution in [1.82, 2.24) is 19.3 Å². The molecule has 0 aliphatic heterocycles. The second kappa shape index (κ2) is 7.72. The van der Waals surface area contributed by atoms with Crippen LogP contribution in [-0.2, 0) is 11.3 Å². The second-order valence-corrected chi connectivity index (χ2v) is 7.37. The minimum atomic E-state index is -0.543. The van der Waals surface area contributed by atoms with E-state index in [1.54, 1.807) is 25.1 Å². The maximum Gasteiger partial charge on any atom is 0.264 e. The number of anilines is 1. The third kappa shape index (κ3) is 3.69. The van der Waals surface area contributed by atoms with Crippen LogP contribution in [0.25, 0.3) is 16.7 Å². The molecule has 2 aromatic carbocycles. The normalized spacial score (nSPS) is 11.1. The topological polar surface area (TPSA) is 81.8 Å². The van der Waals surface area contributed by atoms with Crippen molar-refractivity contribution in [1.29, 1.82) is 0 Å². The van der Waals surface area contributed by atoms with E-state index < -0.39 is 17.3 Å². The fraction of sp³-hybridized carbons (Fsp3) is 0.143. The number of carbonyl (C=O) groups excluding carboxylic acids is 1. The Balaban J connectivity index is 1.64. The molecule has 2 heterocycles. The molecule has 4 aromatic rings. The van der Waals surface area contributed by atoms with E-state index in [1.807, 2.05) is 13.0 Å². The highest BCUT2D eigenvalue weighted by atomic mass is 35.5. The number of nitrogens with one attached hydrogen (secondary N) is 1. The predicted molar refractivity (Wildman–Crippen MR) is 113 cm³/mol. The fourth-order valence-corrected chi connectivity index (χ4v) is 3.28. The van der Waals surface area contributed by atoms with Crippen LogP contribution in [0.2, 0.25) is 5.02 Å². The van der Waals surface area contributed by atoms with Gasteiger partial charge in [0.05, 0.1) is 17.6 Å². The van der Waals surface area contributed by atoms with E-state index >= 15 is 0 Å². The summed E-state index contributed by atoms with van der Waals surface area (Å²) in [4.78, 5) is 29.4. The molecule has 4 rings (SSSR count). The molecule has 2 aromatic heterocycles. The molecular formula is C21H17ClFN5O2. The van der Waals surface area contributed by atoms with Crippen molar-refractivity contribution in [3.8, 4) is 5.69 Å². The Morgan fingerprint density at radius 2 is 2.00 bits per heavy atom. The molecule has 9 heteroatoms. The lowest BCUT2D eigenvalue weighted by Crippen LogP contribution is -2.28. The summed E-state index contributed by atoms with van der Waals surface area (Å²) < 4.78 is 16.6. The number of nitrogens with zero attached hydrogens (tertiary/aromatic N) is 4. The Kier molecular flexibility index (Phi) is 5.09. The van der Waals surface area contributed by atoms with E-state index in [0.29, 0.717) is 16.4 Å². The average molecular weight is 426 g/mol. The van der Waals surface area contributed by atoms with Crippen molar-refractivity contribution in [2.24, 2.45) is 0 Å². The number of rotatable bonds is 4. The Morgan fingerprint density at radius 1 is 1.20 bits per heavy atom. The molecule has 30 heavy (non-hydrogen) atoms. The first-order valence-electron chi connectivity index (χ1n) is 9.09. The fourth-order valence-electron chi connectivity index (χ4n) is 3.11. The summed E-state index contributed by atoms with van der Waals surface area (Å²) >= 11 is 6.09. The first kappa shape index (κ1) is 19.8. The molecule has 0 bridgehead atoms. The van der Waals surface area contributed by atoms with E-state index in [1.165, 1.54) is 29.3 Å². The summed E-state index contributed by atoms with van der Waals surface area (Å²) in [7, 11) is 0. The molecule has 0 aliphatic carbocycles. The van der Waals surface area contributed by atoms with Gasteiger partial charge in [-0.05, 0) is 49.2 Å². The van der Waals surface area contributed by atoms with Gasteiger partial charge in [0.15, 0.2) is 5.65 Å². The molecular weight excluding hydrogens is 409 g/mol. The van der Waals surface area contributed by atoms with Gasteiger partial charge in [0.1, 0.15) is 24.1 Å². The standard InChI is InChI=1S/C21H17ClFN5O2/c1-12-3-6-17(16(23)7-12)26-19(29)10-27-11-24-20-15(21(27)30)9-25-28(20)18-8-14(22)5-4-13(18)2/h3-9,11H,10H2,1-2H3,(H,26,29). The molecule has 0 atom stereocenters. The third-order valence-electron chi connectivity index (χ3n) is 4.67. The lowest BCUT2D eigenvalue weighted by atomic mass is 10.2. The Morgan fingerprint density at radius 3 is 2.77 bits per heavy atom. The number of fused-ring (bicyclic) bond motifs is 1. The lowest BCUT2D eigenvalue weighted by Gasteiger charge is -2.09. The van der Waals surface area contributed by atoms with Gasteiger partial charge in [-0.3, -0.25) is 14.2 Å². The SMILES string of the molecule is Cc1ccc(NC(=O)Cn2cnc3c(cnn3-c3cc(Cl)ccc3C)c2=O)c(F)c1.